The summed E-state index contributed by atoms with van der Waals surface area (Å²) in [6.45, 7) is 1.10. The van der Waals surface area contributed by atoms with Gasteiger partial charge < -0.3 is 23.7 Å². The lowest BCUT2D eigenvalue weighted by molar-refractivity contribution is 0.0900. The van der Waals surface area contributed by atoms with E-state index in [9.17, 15) is 5.11 Å². The van der Waals surface area contributed by atoms with Gasteiger partial charge in [-0.15, -0.1) is 0 Å². The molecule has 0 fully saturated rings. The van der Waals surface area contributed by atoms with Gasteiger partial charge in [-0.1, -0.05) is 24.3 Å². The maximum atomic E-state index is 10.3. The highest BCUT2D eigenvalue weighted by atomic mass is 16.5. The Kier molecular flexibility index (Phi) is 5.36. The number of ether oxygens (including phenoxy) is 3. The van der Waals surface area contributed by atoms with Crippen molar-refractivity contribution in [2.75, 3.05) is 26.9 Å². The summed E-state index contributed by atoms with van der Waals surface area (Å²) in [4.78, 5) is 0. The van der Waals surface area contributed by atoms with Crippen molar-refractivity contribution >= 4 is 11.0 Å². The van der Waals surface area contributed by atoms with Crippen LogP contribution in [0.4, 0.5) is 0 Å². The number of para-hydroxylation sites is 1. The summed E-state index contributed by atoms with van der Waals surface area (Å²) >= 11 is 0. The molecule has 1 heterocycles. The van der Waals surface area contributed by atoms with Gasteiger partial charge >= 0.3 is 0 Å². The minimum Gasteiger partial charge on any atom is -0.491 e. The van der Waals surface area contributed by atoms with E-state index < -0.39 is 6.10 Å². The minimum absolute atomic E-state index is 0.0986. The van der Waals surface area contributed by atoms with Gasteiger partial charge in [0.15, 0.2) is 0 Å². The van der Waals surface area contributed by atoms with Gasteiger partial charge in [0.1, 0.15) is 42.2 Å². The van der Waals surface area contributed by atoms with Crippen molar-refractivity contribution in [2.24, 2.45) is 0 Å². The van der Waals surface area contributed by atoms with Gasteiger partial charge in [0.05, 0.1) is 6.61 Å². The van der Waals surface area contributed by atoms with Crippen LogP contribution in [0.5, 0.6) is 11.5 Å². The zero-order valence-electron chi connectivity index (χ0n) is 13.5. The molecule has 1 N–H and O–H groups in total. The molecule has 0 saturated heterocycles. The maximum absolute atomic E-state index is 10.3. The number of hydrogen-bond acceptors (Lipinski definition) is 5. The predicted molar refractivity (Wildman–Crippen MR) is 90.5 cm³/mol. The van der Waals surface area contributed by atoms with E-state index in [2.05, 4.69) is 0 Å². The van der Waals surface area contributed by atoms with Crippen LogP contribution in [0.2, 0.25) is 0 Å². The molecule has 1 atom stereocenters. The molecular formula is C19H20O5. The summed E-state index contributed by atoms with van der Waals surface area (Å²) < 4.78 is 21.8. The van der Waals surface area contributed by atoms with E-state index in [1.165, 1.54) is 0 Å². The molecule has 0 bridgehead atoms. The molecule has 24 heavy (non-hydrogen) atoms. The Morgan fingerprint density at radius 3 is 2.54 bits per heavy atom. The van der Waals surface area contributed by atoms with Gasteiger partial charge in [0.25, 0.3) is 0 Å². The second-order valence-electron chi connectivity index (χ2n) is 5.33. The van der Waals surface area contributed by atoms with Gasteiger partial charge in [-0.05, 0) is 24.3 Å². The third kappa shape index (κ3) is 4.07. The molecular weight excluding hydrogens is 308 g/mol. The fourth-order valence-electron chi connectivity index (χ4n) is 2.32. The molecule has 0 radical (unpaired) electrons. The standard InChI is InChI=1S/C19H20O5/c1-21-9-10-22-15-6-4-7-16(12-15)23-13-17(20)19-11-14-5-2-3-8-18(14)24-19/h2-8,11-12,17,20H,9-10,13H2,1H3/t17-/m1/s1. The van der Waals surface area contributed by atoms with E-state index in [0.29, 0.717) is 30.5 Å². The topological polar surface area (TPSA) is 61.1 Å². The van der Waals surface area contributed by atoms with Crippen LogP contribution < -0.4 is 9.47 Å². The van der Waals surface area contributed by atoms with Crippen LogP contribution in [-0.2, 0) is 4.74 Å². The number of aliphatic hydroxyl groups excluding tert-OH is 1. The van der Waals surface area contributed by atoms with Crippen LogP contribution in [0.25, 0.3) is 11.0 Å². The van der Waals surface area contributed by atoms with Crippen LogP contribution in [0, 0.1) is 0 Å². The summed E-state index contributed by atoms with van der Waals surface area (Å²) in [5.74, 6) is 1.81. The van der Waals surface area contributed by atoms with Crippen molar-refractivity contribution in [3.8, 4) is 11.5 Å². The first-order chi connectivity index (χ1) is 11.8. The van der Waals surface area contributed by atoms with E-state index in [-0.39, 0.29) is 6.61 Å². The smallest absolute Gasteiger partial charge is 0.145 e. The SMILES string of the molecule is COCCOc1cccc(OC[C@@H](O)c2cc3ccccc3o2)c1. The Balaban J connectivity index is 1.59. The van der Waals surface area contributed by atoms with Crippen LogP contribution in [-0.4, -0.2) is 32.0 Å². The molecule has 0 unspecified atom stereocenters. The third-order valence-corrected chi connectivity index (χ3v) is 3.54. The first-order valence-electron chi connectivity index (χ1n) is 7.77. The highest BCUT2D eigenvalue weighted by molar-refractivity contribution is 5.77. The Morgan fingerprint density at radius 2 is 1.75 bits per heavy atom. The average molecular weight is 328 g/mol. The van der Waals surface area contributed by atoms with Gasteiger partial charge in [-0.2, -0.15) is 0 Å². The molecule has 0 saturated carbocycles. The summed E-state index contributed by atoms with van der Waals surface area (Å²) in [6, 6.07) is 16.7. The van der Waals surface area contributed by atoms with E-state index in [4.69, 9.17) is 18.6 Å². The fourth-order valence-corrected chi connectivity index (χ4v) is 2.32. The van der Waals surface area contributed by atoms with Crippen LogP contribution in [0.15, 0.2) is 59.0 Å². The second kappa shape index (κ2) is 7.86. The first-order valence-corrected chi connectivity index (χ1v) is 7.77. The summed E-state index contributed by atoms with van der Waals surface area (Å²) in [5, 5.41) is 11.2. The van der Waals surface area contributed by atoms with Gasteiger partial charge in [0, 0.05) is 18.6 Å². The van der Waals surface area contributed by atoms with E-state index in [1.54, 1.807) is 13.2 Å². The number of fused-ring (bicyclic) bond motifs is 1. The van der Waals surface area contributed by atoms with Crippen LogP contribution >= 0.6 is 0 Å². The Labute approximate surface area is 140 Å². The van der Waals surface area contributed by atoms with Crippen molar-refractivity contribution in [3.63, 3.8) is 0 Å². The quantitative estimate of drug-likeness (QED) is 0.641. The first kappa shape index (κ1) is 16.4. The lowest BCUT2D eigenvalue weighted by atomic mass is 10.2. The van der Waals surface area contributed by atoms with E-state index in [0.717, 1.165) is 11.0 Å². The Morgan fingerprint density at radius 1 is 0.958 bits per heavy atom. The Hall–Kier alpha value is -2.50. The monoisotopic (exact) mass is 328 g/mol. The fraction of sp³-hybridized carbons (Fsp3) is 0.263. The molecule has 0 aliphatic carbocycles. The zero-order chi connectivity index (χ0) is 16.8. The number of benzene rings is 2. The van der Waals surface area contributed by atoms with Crippen LogP contribution in [0.1, 0.15) is 11.9 Å². The number of aliphatic hydroxyl groups is 1. The summed E-state index contributed by atoms with van der Waals surface area (Å²) in [6.07, 6.45) is -0.838. The van der Waals surface area contributed by atoms with Crippen molar-refractivity contribution < 1.29 is 23.7 Å². The predicted octanol–water partition coefficient (Wildman–Crippen LogP) is 3.57. The largest absolute Gasteiger partial charge is 0.491 e. The number of furan rings is 1. The summed E-state index contributed by atoms with van der Waals surface area (Å²) in [5.41, 5.74) is 0.750. The van der Waals surface area contributed by atoms with Crippen molar-refractivity contribution in [1.82, 2.24) is 0 Å². The maximum Gasteiger partial charge on any atom is 0.145 e. The zero-order valence-corrected chi connectivity index (χ0v) is 13.5. The molecule has 0 spiro atoms. The van der Waals surface area contributed by atoms with Crippen molar-refractivity contribution in [1.29, 1.82) is 0 Å². The normalized spacial score (nSPS) is 12.2. The highest BCUT2D eigenvalue weighted by Crippen LogP contribution is 2.25. The number of hydrogen-bond donors (Lipinski definition) is 1. The van der Waals surface area contributed by atoms with E-state index in [1.807, 2.05) is 48.5 Å². The van der Waals surface area contributed by atoms with Crippen molar-refractivity contribution in [3.05, 3.63) is 60.4 Å². The lowest BCUT2D eigenvalue weighted by Crippen LogP contribution is -2.09. The molecule has 3 aromatic rings. The number of methoxy groups -OCH3 is 1. The molecule has 5 nitrogen and oxygen atoms in total. The highest BCUT2D eigenvalue weighted by Gasteiger charge is 2.14. The Bertz CT molecular complexity index is 747. The minimum atomic E-state index is -0.838. The van der Waals surface area contributed by atoms with Crippen molar-refractivity contribution in [2.45, 2.75) is 6.10 Å². The molecule has 0 aliphatic rings. The summed E-state index contributed by atoms with van der Waals surface area (Å²) in [7, 11) is 1.63. The molecule has 0 aliphatic heterocycles. The van der Waals surface area contributed by atoms with E-state index >= 15 is 0 Å². The molecule has 0 amide bonds. The molecule has 3 rings (SSSR count). The molecule has 126 valence electrons. The van der Waals surface area contributed by atoms with Gasteiger partial charge in [0.2, 0.25) is 0 Å². The second-order valence-corrected chi connectivity index (χ2v) is 5.33. The molecule has 5 heteroatoms. The average Bonchev–Trinajstić information content (AvgIpc) is 3.04. The van der Waals surface area contributed by atoms with Gasteiger partial charge in [-0.25, -0.2) is 0 Å². The van der Waals surface area contributed by atoms with Crippen LogP contribution in [0.3, 0.4) is 0 Å². The number of rotatable bonds is 8. The third-order valence-electron chi connectivity index (χ3n) is 3.54. The molecule has 2 aromatic carbocycles. The lowest BCUT2D eigenvalue weighted by Gasteiger charge is -2.11. The molecule has 1 aromatic heterocycles. The van der Waals surface area contributed by atoms with Gasteiger partial charge in [-0.3, -0.25) is 0 Å².